The first kappa shape index (κ1) is 16.8. The van der Waals surface area contributed by atoms with Crippen molar-refractivity contribution >= 4 is 5.69 Å². The van der Waals surface area contributed by atoms with Gasteiger partial charge in [0, 0.05) is 18.2 Å². The third-order valence-electron chi connectivity index (χ3n) is 3.75. The third-order valence-corrected chi connectivity index (χ3v) is 3.75. The number of benzene rings is 2. The molecule has 2 aromatic carbocycles. The van der Waals surface area contributed by atoms with Crippen molar-refractivity contribution in [2.75, 3.05) is 21.3 Å². The molecule has 2 rings (SSSR count). The van der Waals surface area contributed by atoms with E-state index in [0.717, 1.165) is 11.1 Å². The summed E-state index contributed by atoms with van der Waals surface area (Å²) in [6.07, 6.45) is 0.712. The van der Waals surface area contributed by atoms with Crippen LogP contribution in [0.3, 0.4) is 0 Å². The summed E-state index contributed by atoms with van der Waals surface area (Å²) in [5.74, 6) is 1.36. The Balaban J connectivity index is 2.21. The molecule has 0 radical (unpaired) electrons. The molecule has 0 bridgehead atoms. The van der Waals surface area contributed by atoms with Crippen molar-refractivity contribution in [3.8, 4) is 11.5 Å². The second-order valence-electron chi connectivity index (χ2n) is 5.08. The third kappa shape index (κ3) is 3.98. The molecule has 0 saturated carbocycles. The maximum absolute atomic E-state index is 10.7. The second-order valence-corrected chi connectivity index (χ2v) is 5.08. The quantitative estimate of drug-likeness (QED) is 0.627. The van der Waals surface area contributed by atoms with E-state index in [1.807, 2.05) is 25.2 Å². The van der Waals surface area contributed by atoms with E-state index in [0.29, 0.717) is 17.9 Å². The summed E-state index contributed by atoms with van der Waals surface area (Å²) in [6.45, 7) is 0. The van der Waals surface area contributed by atoms with E-state index in [9.17, 15) is 10.1 Å². The Labute approximate surface area is 135 Å². The molecule has 0 aliphatic carbocycles. The van der Waals surface area contributed by atoms with Crippen LogP contribution >= 0.6 is 0 Å². The summed E-state index contributed by atoms with van der Waals surface area (Å²) < 4.78 is 10.6. The number of hydrogen-bond donors (Lipinski definition) is 1. The standard InChI is InChI=1S/C17H20N2O4/c1-18-15(10-12-4-7-14(8-5-12)19(20)21)13-6-9-16(22-2)17(11-13)23-3/h4-9,11,15,18H,10H2,1-3H3. The molecule has 0 amide bonds. The van der Waals surface area contributed by atoms with Gasteiger partial charge >= 0.3 is 0 Å². The van der Waals surface area contributed by atoms with E-state index in [4.69, 9.17) is 9.47 Å². The van der Waals surface area contributed by atoms with Crippen molar-refractivity contribution in [2.24, 2.45) is 0 Å². The predicted molar refractivity (Wildman–Crippen MR) is 88.1 cm³/mol. The highest BCUT2D eigenvalue weighted by molar-refractivity contribution is 5.44. The van der Waals surface area contributed by atoms with Gasteiger partial charge in [0.15, 0.2) is 11.5 Å². The fraction of sp³-hybridized carbons (Fsp3) is 0.294. The normalized spacial score (nSPS) is 11.8. The molecule has 1 atom stereocenters. The minimum absolute atomic E-state index is 0.0660. The molecule has 0 aliphatic rings. The van der Waals surface area contributed by atoms with Crippen molar-refractivity contribution in [1.82, 2.24) is 5.32 Å². The van der Waals surface area contributed by atoms with Crippen molar-refractivity contribution in [2.45, 2.75) is 12.5 Å². The Bertz CT molecular complexity index is 671. The van der Waals surface area contributed by atoms with Gasteiger partial charge in [-0.1, -0.05) is 18.2 Å². The number of hydrogen-bond acceptors (Lipinski definition) is 5. The van der Waals surface area contributed by atoms with Gasteiger partial charge in [0.05, 0.1) is 19.1 Å². The van der Waals surface area contributed by atoms with Crippen LogP contribution in [0.15, 0.2) is 42.5 Å². The molecular formula is C17H20N2O4. The minimum atomic E-state index is -0.395. The van der Waals surface area contributed by atoms with Crippen LogP contribution in [0.1, 0.15) is 17.2 Å². The molecule has 0 heterocycles. The Kier molecular flexibility index (Phi) is 5.54. The van der Waals surface area contributed by atoms with Gasteiger partial charge in [0.2, 0.25) is 0 Å². The van der Waals surface area contributed by atoms with Crippen LogP contribution in [0.25, 0.3) is 0 Å². The fourth-order valence-corrected chi connectivity index (χ4v) is 2.45. The van der Waals surface area contributed by atoms with Crippen molar-refractivity contribution in [3.63, 3.8) is 0 Å². The highest BCUT2D eigenvalue weighted by atomic mass is 16.6. The number of nitrogens with zero attached hydrogens (tertiary/aromatic N) is 1. The number of rotatable bonds is 7. The first-order valence-electron chi connectivity index (χ1n) is 7.21. The minimum Gasteiger partial charge on any atom is -0.493 e. The molecule has 6 nitrogen and oxygen atoms in total. The fourth-order valence-electron chi connectivity index (χ4n) is 2.45. The summed E-state index contributed by atoms with van der Waals surface area (Å²) in [6, 6.07) is 12.5. The molecule has 0 fully saturated rings. The Hall–Kier alpha value is -2.60. The Morgan fingerprint density at radius 1 is 1.09 bits per heavy atom. The number of ether oxygens (including phenoxy) is 2. The Morgan fingerprint density at radius 3 is 2.26 bits per heavy atom. The molecule has 0 aliphatic heterocycles. The van der Waals surface area contributed by atoms with E-state index < -0.39 is 4.92 Å². The molecule has 2 aromatic rings. The van der Waals surface area contributed by atoms with E-state index in [-0.39, 0.29) is 11.7 Å². The number of methoxy groups -OCH3 is 2. The van der Waals surface area contributed by atoms with Crippen molar-refractivity contribution in [3.05, 3.63) is 63.7 Å². The van der Waals surface area contributed by atoms with E-state index >= 15 is 0 Å². The summed E-state index contributed by atoms with van der Waals surface area (Å²) in [7, 11) is 5.09. The van der Waals surface area contributed by atoms with Crippen LogP contribution < -0.4 is 14.8 Å². The number of nitrogens with one attached hydrogen (secondary N) is 1. The largest absolute Gasteiger partial charge is 0.493 e. The van der Waals surface area contributed by atoms with Crippen LogP contribution in [-0.2, 0) is 6.42 Å². The van der Waals surface area contributed by atoms with E-state index in [2.05, 4.69) is 5.32 Å². The van der Waals surface area contributed by atoms with Crippen LogP contribution in [0.2, 0.25) is 0 Å². The van der Waals surface area contributed by atoms with E-state index in [1.54, 1.807) is 26.4 Å². The molecule has 0 saturated heterocycles. The predicted octanol–water partition coefficient (Wildman–Crippen LogP) is 3.12. The lowest BCUT2D eigenvalue weighted by molar-refractivity contribution is -0.384. The first-order chi connectivity index (χ1) is 11.1. The lowest BCUT2D eigenvalue weighted by Gasteiger charge is -2.18. The lowest BCUT2D eigenvalue weighted by atomic mass is 9.98. The summed E-state index contributed by atoms with van der Waals surface area (Å²) in [5, 5.41) is 14.0. The molecule has 6 heteroatoms. The van der Waals surface area contributed by atoms with Crippen LogP contribution in [0, 0.1) is 10.1 Å². The molecule has 23 heavy (non-hydrogen) atoms. The van der Waals surface area contributed by atoms with Crippen molar-refractivity contribution in [1.29, 1.82) is 0 Å². The number of nitro groups is 1. The maximum Gasteiger partial charge on any atom is 0.269 e. The average Bonchev–Trinajstić information content (AvgIpc) is 2.59. The van der Waals surface area contributed by atoms with Gasteiger partial charge in [-0.15, -0.1) is 0 Å². The van der Waals surface area contributed by atoms with Gasteiger partial charge in [0.25, 0.3) is 5.69 Å². The smallest absolute Gasteiger partial charge is 0.269 e. The van der Waals surface area contributed by atoms with Crippen LogP contribution in [0.4, 0.5) is 5.69 Å². The van der Waals surface area contributed by atoms with Gasteiger partial charge in [-0.25, -0.2) is 0 Å². The molecule has 0 aromatic heterocycles. The highest BCUT2D eigenvalue weighted by Crippen LogP contribution is 2.31. The molecular weight excluding hydrogens is 296 g/mol. The summed E-state index contributed by atoms with van der Waals surface area (Å²) in [4.78, 5) is 10.3. The molecule has 1 unspecified atom stereocenters. The van der Waals surface area contributed by atoms with E-state index in [1.165, 1.54) is 12.1 Å². The van der Waals surface area contributed by atoms with Gasteiger partial charge in [0.1, 0.15) is 0 Å². The number of nitro benzene ring substituents is 1. The zero-order valence-corrected chi connectivity index (χ0v) is 13.4. The summed E-state index contributed by atoms with van der Waals surface area (Å²) >= 11 is 0. The summed E-state index contributed by atoms with van der Waals surface area (Å²) in [5.41, 5.74) is 2.18. The van der Waals surface area contributed by atoms with Gasteiger partial charge < -0.3 is 14.8 Å². The lowest BCUT2D eigenvalue weighted by Crippen LogP contribution is -2.19. The second kappa shape index (κ2) is 7.60. The first-order valence-corrected chi connectivity index (χ1v) is 7.21. The Morgan fingerprint density at radius 2 is 1.74 bits per heavy atom. The SMILES string of the molecule is CNC(Cc1ccc([N+](=O)[O-])cc1)c1ccc(OC)c(OC)c1. The number of non-ortho nitro benzene ring substituents is 1. The van der Waals surface area contributed by atoms with Crippen LogP contribution in [0.5, 0.6) is 11.5 Å². The monoisotopic (exact) mass is 316 g/mol. The molecule has 122 valence electrons. The van der Waals surface area contributed by atoms with Crippen molar-refractivity contribution < 1.29 is 14.4 Å². The average molecular weight is 316 g/mol. The zero-order chi connectivity index (χ0) is 16.8. The maximum atomic E-state index is 10.7. The molecule has 0 spiro atoms. The van der Waals surface area contributed by atoms with Crippen LogP contribution in [-0.4, -0.2) is 26.2 Å². The topological polar surface area (TPSA) is 73.6 Å². The zero-order valence-electron chi connectivity index (χ0n) is 13.4. The molecule has 1 N–H and O–H groups in total. The highest BCUT2D eigenvalue weighted by Gasteiger charge is 2.14. The van der Waals surface area contributed by atoms with Gasteiger partial charge in [-0.05, 0) is 36.7 Å². The van der Waals surface area contributed by atoms with Gasteiger partial charge in [-0.2, -0.15) is 0 Å². The van der Waals surface area contributed by atoms with Gasteiger partial charge in [-0.3, -0.25) is 10.1 Å². The number of likely N-dealkylation sites (N-methyl/N-ethyl adjacent to an activating group) is 1.